The maximum absolute atomic E-state index is 14.1. The topological polar surface area (TPSA) is 67.5 Å². The van der Waals surface area contributed by atoms with Crippen LogP contribution in [0.5, 0.6) is 5.75 Å². The molecule has 5 heteroatoms. The molecule has 4 nitrogen and oxygen atoms in total. The molecule has 0 radical (unpaired) electrons. The van der Waals surface area contributed by atoms with Crippen LogP contribution < -0.4 is 15.8 Å². The number of ether oxygens (including phenoxy) is 1. The second-order valence-electron chi connectivity index (χ2n) is 5.06. The molecule has 1 unspecified atom stereocenters. The minimum Gasteiger partial charge on any atom is -0.495 e. The Bertz CT molecular complexity index is 619. The average molecular weight is 290 g/mol. The van der Waals surface area contributed by atoms with Crippen LogP contribution in [0.3, 0.4) is 0 Å². The molecule has 0 aliphatic carbocycles. The van der Waals surface area contributed by atoms with Crippen LogP contribution in [0.2, 0.25) is 0 Å². The smallest absolute Gasteiger partial charge is 0.148 e. The Morgan fingerprint density at radius 3 is 2.52 bits per heavy atom. The van der Waals surface area contributed by atoms with E-state index in [1.54, 1.807) is 6.92 Å². The van der Waals surface area contributed by atoms with Crippen LogP contribution in [0.1, 0.15) is 12.5 Å². The Kier molecular flexibility index (Phi) is 4.33. The number of halogens is 1. The van der Waals surface area contributed by atoms with Gasteiger partial charge in [0, 0.05) is 12.1 Å². The first-order chi connectivity index (χ1) is 10.00. The first-order valence-electron chi connectivity index (χ1n) is 6.58. The van der Waals surface area contributed by atoms with Gasteiger partial charge in [0.25, 0.3) is 0 Å². The standard InChI is InChI=1S/C16H19FN2O2/c1-16(10-20,11-6-4-3-5-7-11)19-14-9-15(21-2)13(18)8-12(14)17/h3-9,19-20H,10,18H2,1-2H3. The van der Waals surface area contributed by atoms with Gasteiger partial charge in [-0.3, -0.25) is 0 Å². The molecule has 4 N–H and O–H groups in total. The van der Waals surface area contributed by atoms with Crippen molar-refractivity contribution in [2.24, 2.45) is 0 Å². The van der Waals surface area contributed by atoms with Crippen LogP contribution in [-0.2, 0) is 5.54 Å². The van der Waals surface area contributed by atoms with E-state index in [2.05, 4.69) is 5.32 Å². The lowest BCUT2D eigenvalue weighted by molar-refractivity contribution is 0.223. The normalized spacial score (nSPS) is 13.5. The zero-order valence-electron chi connectivity index (χ0n) is 12.1. The summed E-state index contributed by atoms with van der Waals surface area (Å²) in [5.74, 6) is -0.115. The third-order valence-electron chi connectivity index (χ3n) is 3.46. The van der Waals surface area contributed by atoms with Crippen molar-refractivity contribution in [3.8, 4) is 5.75 Å². The molecule has 0 amide bonds. The molecule has 0 bridgehead atoms. The fourth-order valence-corrected chi connectivity index (χ4v) is 2.15. The van der Waals surface area contributed by atoms with Crippen LogP contribution in [-0.4, -0.2) is 18.8 Å². The number of aliphatic hydroxyl groups excluding tert-OH is 1. The lowest BCUT2D eigenvalue weighted by Gasteiger charge is -2.31. The number of nitrogens with one attached hydrogen (secondary N) is 1. The van der Waals surface area contributed by atoms with Crippen molar-refractivity contribution < 1.29 is 14.2 Å². The third kappa shape index (κ3) is 3.08. The van der Waals surface area contributed by atoms with Gasteiger partial charge in [0.05, 0.1) is 30.6 Å². The van der Waals surface area contributed by atoms with E-state index in [1.165, 1.54) is 19.2 Å². The van der Waals surface area contributed by atoms with E-state index >= 15 is 0 Å². The van der Waals surface area contributed by atoms with Crippen LogP contribution in [0.25, 0.3) is 0 Å². The highest BCUT2D eigenvalue weighted by atomic mass is 19.1. The molecule has 2 rings (SSSR count). The minimum absolute atomic E-state index is 0.191. The van der Waals surface area contributed by atoms with E-state index in [1.807, 2.05) is 30.3 Å². The molecule has 0 spiro atoms. The molecule has 0 saturated heterocycles. The molecule has 0 fully saturated rings. The zero-order valence-corrected chi connectivity index (χ0v) is 12.1. The number of methoxy groups -OCH3 is 1. The number of aliphatic hydroxyl groups is 1. The van der Waals surface area contributed by atoms with Gasteiger partial charge in [0.2, 0.25) is 0 Å². The van der Waals surface area contributed by atoms with Crippen molar-refractivity contribution in [3.05, 3.63) is 53.8 Å². The first-order valence-corrected chi connectivity index (χ1v) is 6.58. The second kappa shape index (κ2) is 6.01. The number of benzene rings is 2. The van der Waals surface area contributed by atoms with Gasteiger partial charge < -0.3 is 20.9 Å². The van der Waals surface area contributed by atoms with Gasteiger partial charge in [-0.15, -0.1) is 0 Å². The Labute approximate surface area is 123 Å². The van der Waals surface area contributed by atoms with E-state index in [0.717, 1.165) is 5.56 Å². The van der Waals surface area contributed by atoms with Crippen LogP contribution >= 0.6 is 0 Å². The van der Waals surface area contributed by atoms with Crippen LogP contribution in [0.15, 0.2) is 42.5 Å². The summed E-state index contributed by atoms with van der Waals surface area (Å²) in [6.45, 7) is 1.60. The quantitative estimate of drug-likeness (QED) is 0.741. The highest BCUT2D eigenvalue weighted by Crippen LogP contribution is 2.32. The van der Waals surface area contributed by atoms with Crippen molar-refractivity contribution in [1.82, 2.24) is 0 Å². The van der Waals surface area contributed by atoms with Crippen molar-refractivity contribution in [2.75, 3.05) is 24.8 Å². The van der Waals surface area contributed by atoms with Gasteiger partial charge in [-0.1, -0.05) is 30.3 Å². The van der Waals surface area contributed by atoms with E-state index in [0.29, 0.717) is 5.75 Å². The minimum atomic E-state index is -0.816. The fraction of sp³-hybridized carbons (Fsp3) is 0.250. The van der Waals surface area contributed by atoms with E-state index in [9.17, 15) is 9.50 Å². The molecule has 0 saturated carbocycles. The number of nitrogens with two attached hydrogens (primary N) is 1. The predicted octanol–water partition coefficient (Wildman–Crippen LogP) is 2.74. The molecule has 1 atom stereocenters. The summed E-state index contributed by atoms with van der Waals surface area (Å²) in [7, 11) is 1.47. The number of hydrogen-bond donors (Lipinski definition) is 3. The van der Waals surface area contributed by atoms with Crippen molar-refractivity contribution in [3.63, 3.8) is 0 Å². The predicted molar refractivity (Wildman–Crippen MR) is 81.9 cm³/mol. The molecule has 112 valence electrons. The molecular formula is C16H19FN2O2. The number of anilines is 2. The third-order valence-corrected chi connectivity index (χ3v) is 3.46. The Balaban J connectivity index is 2.39. The highest BCUT2D eigenvalue weighted by Gasteiger charge is 2.27. The van der Waals surface area contributed by atoms with Crippen molar-refractivity contribution >= 4 is 11.4 Å². The van der Waals surface area contributed by atoms with Gasteiger partial charge in [-0.25, -0.2) is 4.39 Å². The molecule has 0 aliphatic rings. The molecule has 21 heavy (non-hydrogen) atoms. The van der Waals surface area contributed by atoms with Crippen LogP contribution in [0.4, 0.5) is 15.8 Å². The Morgan fingerprint density at radius 1 is 1.29 bits per heavy atom. The van der Waals surface area contributed by atoms with Crippen LogP contribution in [0, 0.1) is 5.82 Å². The monoisotopic (exact) mass is 290 g/mol. The van der Waals surface area contributed by atoms with E-state index in [4.69, 9.17) is 10.5 Å². The SMILES string of the molecule is COc1cc(NC(C)(CO)c2ccccc2)c(F)cc1N. The van der Waals surface area contributed by atoms with Gasteiger partial charge in [0.15, 0.2) is 0 Å². The number of nitrogen functional groups attached to an aromatic ring is 1. The molecule has 0 heterocycles. The maximum atomic E-state index is 14.1. The van der Waals surface area contributed by atoms with E-state index < -0.39 is 11.4 Å². The largest absolute Gasteiger partial charge is 0.495 e. The van der Waals surface area contributed by atoms with Crippen molar-refractivity contribution in [1.29, 1.82) is 0 Å². The average Bonchev–Trinajstić information content (AvgIpc) is 2.50. The summed E-state index contributed by atoms with van der Waals surface area (Å²) in [5, 5.41) is 12.8. The van der Waals surface area contributed by atoms with Gasteiger partial charge in [-0.05, 0) is 12.5 Å². The molecule has 2 aromatic rings. The zero-order chi connectivity index (χ0) is 15.5. The van der Waals surface area contributed by atoms with Gasteiger partial charge >= 0.3 is 0 Å². The van der Waals surface area contributed by atoms with Gasteiger partial charge in [-0.2, -0.15) is 0 Å². The molecule has 0 aromatic heterocycles. The second-order valence-corrected chi connectivity index (χ2v) is 5.06. The summed E-state index contributed by atoms with van der Waals surface area (Å²) < 4.78 is 19.2. The number of hydrogen-bond acceptors (Lipinski definition) is 4. The molecule has 2 aromatic carbocycles. The lowest BCUT2D eigenvalue weighted by atomic mass is 9.92. The summed E-state index contributed by atoms with van der Waals surface area (Å²) in [4.78, 5) is 0. The summed E-state index contributed by atoms with van der Waals surface area (Å²) in [6.07, 6.45) is 0. The molecular weight excluding hydrogens is 271 g/mol. The Morgan fingerprint density at radius 2 is 1.95 bits per heavy atom. The Hall–Kier alpha value is -2.27. The highest BCUT2D eigenvalue weighted by molar-refractivity contribution is 5.63. The van der Waals surface area contributed by atoms with Gasteiger partial charge in [0.1, 0.15) is 11.6 Å². The number of rotatable bonds is 5. The van der Waals surface area contributed by atoms with E-state index in [-0.39, 0.29) is 18.0 Å². The molecule has 0 aliphatic heterocycles. The summed E-state index contributed by atoms with van der Waals surface area (Å²) >= 11 is 0. The summed E-state index contributed by atoms with van der Waals surface area (Å²) in [5.41, 5.74) is 6.15. The maximum Gasteiger partial charge on any atom is 0.148 e. The summed E-state index contributed by atoms with van der Waals surface area (Å²) in [6, 6.07) is 12.0. The lowest BCUT2D eigenvalue weighted by Crippen LogP contribution is -2.36. The first kappa shape index (κ1) is 15.1. The van der Waals surface area contributed by atoms with Crippen molar-refractivity contribution in [2.45, 2.75) is 12.5 Å². The fourth-order valence-electron chi connectivity index (χ4n) is 2.15.